The first-order chi connectivity index (χ1) is 22.4. The van der Waals surface area contributed by atoms with Crippen LogP contribution in [-0.2, 0) is 30.5 Å². The van der Waals surface area contributed by atoms with Gasteiger partial charge in [-0.3, -0.25) is 0 Å². The fourth-order valence-electron chi connectivity index (χ4n) is 3.52. The highest BCUT2D eigenvalue weighted by Gasteiger charge is 2.24. The highest BCUT2D eigenvalue weighted by Crippen LogP contribution is 2.43. The van der Waals surface area contributed by atoms with Crippen LogP contribution >= 0.6 is 0 Å². The number of carbonyl (C=O) groups is 4. The second-order valence-corrected chi connectivity index (χ2v) is 9.82. The molecule has 0 unspecified atom stereocenters. The summed E-state index contributed by atoms with van der Waals surface area (Å²) in [5, 5.41) is 0. The lowest BCUT2D eigenvalue weighted by Crippen LogP contribution is -2.15. The van der Waals surface area contributed by atoms with Gasteiger partial charge in [0.25, 0.3) is 0 Å². The Bertz CT molecular complexity index is 1790. The maximum absolute atomic E-state index is 12.7. The fraction of sp³-hybridized carbons (Fsp3) is 0.135. The second-order valence-electron chi connectivity index (χ2n) is 9.82. The molecule has 0 atom stereocenters. The van der Waals surface area contributed by atoms with Gasteiger partial charge in [0.05, 0.1) is 6.61 Å². The third kappa shape index (κ3) is 10.5. The van der Waals surface area contributed by atoms with E-state index in [2.05, 4.69) is 38.2 Å². The van der Waals surface area contributed by atoms with Gasteiger partial charge in [-0.15, -0.1) is 0 Å². The van der Waals surface area contributed by atoms with Gasteiger partial charge in [0, 0.05) is 46.1 Å². The molecule has 0 saturated heterocycles. The molecular formula is C37H32O10. The van der Waals surface area contributed by atoms with E-state index in [1.807, 2.05) is 0 Å². The van der Waals surface area contributed by atoms with Gasteiger partial charge in [-0.25, -0.2) is 19.2 Å². The van der Waals surface area contributed by atoms with E-state index in [1.54, 1.807) is 55.5 Å². The van der Waals surface area contributed by atoms with E-state index in [9.17, 15) is 19.2 Å². The van der Waals surface area contributed by atoms with E-state index in [-0.39, 0.29) is 41.8 Å². The topological polar surface area (TPSA) is 124 Å². The Balaban J connectivity index is 1.94. The molecule has 240 valence electrons. The van der Waals surface area contributed by atoms with Gasteiger partial charge in [-0.2, -0.15) is 0 Å². The van der Waals surface area contributed by atoms with Gasteiger partial charge in [0.2, 0.25) is 5.75 Å². The maximum atomic E-state index is 12.7. The van der Waals surface area contributed by atoms with Crippen molar-refractivity contribution in [2.75, 3.05) is 6.79 Å². The van der Waals surface area contributed by atoms with E-state index in [4.69, 9.17) is 28.4 Å². The summed E-state index contributed by atoms with van der Waals surface area (Å²) in [5.74, 6) is 3.72. The summed E-state index contributed by atoms with van der Waals surface area (Å²) in [5.41, 5.74) is 2.29. The first-order valence-electron chi connectivity index (χ1n) is 13.9. The standard InChI is InChI=1S/C37H32O10/c1-8-32(38)44-29-16-11-26(12-17-29)10-15-28-20-31(46-36(40)23(3)4)35(34(25(28)7)47-37(41)24(5)6)43-22-42-21-27-13-18-30(19-14-27)45-33(39)9-2/h8-9,11-14,16-20H,1-3,5,21-22H2,4,6-7H3. The Hall–Kier alpha value is -6.18. The lowest BCUT2D eigenvalue weighted by atomic mass is 10.1. The molecule has 0 aliphatic heterocycles. The molecule has 3 rings (SSSR count). The molecule has 0 aromatic heterocycles. The zero-order chi connectivity index (χ0) is 34.5. The van der Waals surface area contributed by atoms with Crippen LogP contribution in [0.5, 0.6) is 28.7 Å². The molecule has 0 aliphatic rings. The van der Waals surface area contributed by atoms with Gasteiger partial charge in [0.15, 0.2) is 18.3 Å². The Labute approximate surface area is 272 Å². The van der Waals surface area contributed by atoms with Crippen molar-refractivity contribution in [3.05, 3.63) is 126 Å². The summed E-state index contributed by atoms with van der Waals surface area (Å²) in [6.45, 7) is 18.4. The first kappa shape index (κ1) is 35.3. The van der Waals surface area contributed by atoms with E-state index in [0.717, 1.165) is 17.7 Å². The molecule has 10 heteroatoms. The van der Waals surface area contributed by atoms with Gasteiger partial charge in [-0.05, 0) is 62.7 Å². The molecule has 0 bridgehead atoms. The normalized spacial score (nSPS) is 9.94. The van der Waals surface area contributed by atoms with Crippen molar-refractivity contribution in [2.45, 2.75) is 27.4 Å². The first-order valence-corrected chi connectivity index (χ1v) is 13.9. The highest BCUT2D eigenvalue weighted by atomic mass is 16.7. The summed E-state index contributed by atoms with van der Waals surface area (Å²) < 4.78 is 32.9. The van der Waals surface area contributed by atoms with Crippen LogP contribution in [0, 0.1) is 18.8 Å². The Kier molecular flexibility index (Phi) is 12.6. The molecular weight excluding hydrogens is 604 g/mol. The number of benzene rings is 3. The second kappa shape index (κ2) is 16.8. The van der Waals surface area contributed by atoms with E-state index >= 15 is 0 Å². The molecule has 47 heavy (non-hydrogen) atoms. The van der Waals surface area contributed by atoms with E-state index < -0.39 is 23.9 Å². The highest BCUT2D eigenvalue weighted by molar-refractivity contribution is 5.91. The zero-order valence-electron chi connectivity index (χ0n) is 26.2. The van der Waals surface area contributed by atoms with Crippen molar-refractivity contribution >= 4 is 23.9 Å². The predicted octanol–water partition coefficient (Wildman–Crippen LogP) is 6.09. The van der Waals surface area contributed by atoms with Crippen LogP contribution in [0.2, 0.25) is 0 Å². The van der Waals surface area contributed by atoms with Gasteiger partial charge in [0.1, 0.15) is 11.5 Å². The lowest BCUT2D eigenvalue weighted by Gasteiger charge is -2.19. The Morgan fingerprint density at radius 1 is 0.723 bits per heavy atom. The average molecular weight is 637 g/mol. The summed E-state index contributed by atoms with van der Waals surface area (Å²) in [6, 6.07) is 14.5. The van der Waals surface area contributed by atoms with Gasteiger partial charge < -0.3 is 28.4 Å². The number of ether oxygens (including phenoxy) is 6. The maximum Gasteiger partial charge on any atom is 0.338 e. The summed E-state index contributed by atoms with van der Waals surface area (Å²) in [7, 11) is 0. The number of hydrogen-bond donors (Lipinski definition) is 0. The number of carbonyl (C=O) groups excluding carboxylic acids is 4. The molecule has 0 saturated carbocycles. The van der Waals surface area contributed by atoms with Crippen LogP contribution in [-0.4, -0.2) is 30.7 Å². The van der Waals surface area contributed by atoms with Crippen molar-refractivity contribution in [3.8, 4) is 40.6 Å². The number of hydrogen-bond acceptors (Lipinski definition) is 10. The molecule has 0 N–H and O–H groups in total. The van der Waals surface area contributed by atoms with Crippen molar-refractivity contribution in [2.24, 2.45) is 0 Å². The van der Waals surface area contributed by atoms with Crippen molar-refractivity contribution in [1.82, 2.24) is 0 Å². The van der Waals surface area contributed by atoms with Crippen LogP contribution in [0.3, 0.4) is 0 Å². The van der Waals surface area contributed by atoms with Crippen LogP contribution < -0.4 is 23.7 Å². The molecule has 0 fully saturated rings. The van der Waals surface area contributed by atoms with Gasteiger partial charge in [-0.1, -0.05) is 50.3 Å². The van der Waals surface area contributed by atoms with E-state index in [1.165, 1.54) is 19.9 Å². The molecule has 0 spiro atoms. The average Bonchev–Trinajstić information content (AvgIpc) is 3.05. The third-order valence-corrected chi connectivity index (χ3v) is 5.99. The van der Waals surface area contributed by atoms with Crippen LogP contribution in [0.15, 0.2) is 104 Å². The Morgan fingerprint density at radius 2 is 1.26 bits per heavy atom. The Morgan fingerprint density at radius 3 is 1.79 bits per heavy atom. The van der Waals surface area contributed by atoms with Crippen molar-refractivity contribution in [3.63, 3.8) is 0 Å². The van der Waals surface area contributed by atoms with Gasteiger partial charge >= 0.3 is 23.9 Å². The lowest BCUT2D eigenvalue weighted by molar-refractivity contribution is -0.131. The van der Waals surface area contributed by atoms with Crippen LogP contribution in [0.4, 0.5) is 0 Å². The molecule has 0 amide bonds. The van der Waals surface area contributed by atoms with E-state index in [0.29, 0.717) is 28.2 Å². The van der Waals surface area contributed by atoms with Crippen LogP contribution in [0.25, 0.3) is 0 Å². The molecule has 0 heterocycles. The van der Waals surface area contributed by atoms with Crippen LogP contribution in [0.1, 0.15) is 36.1 Å². The van der Waals surface area contributed by atoms with Crippen molar-refractivity contribution in [1.29, 1.82) is 0 Å². The monoisotopic (exact) mass is 636 g/mol. The zero-order valence-corrected chi connectivity index (χ0v) is 26.2. The molecule has 0 aliphatic carbocycles. The largest absolute Gasteiger partial charge is 0.460 e. The summed E-state index contributed by atoms with van der Waals surface area (Å²) in [6.07, 6.45) is 2.11. The minimum Gasteiger partial charge on any atom is -0.460 e. The molecule has 10 nitrogen and oxygen atoms in total. The summed E-state index contributed by atoms with van der Waals surface area (Å²) >= 11 is 0. The minimum absolute atomic E-state index is 0.0574. The fourth-order valence-corrected chi connectivity index (χ4v) is 3.52. The molecule has 3 aromatic carbocycles. The minimum atomic E-state index is -0.752. The predicted molar refractivity (Wildman–Crippen MR) is 173 cm³/mol. The number of esters is 4. The SMILES string of the molecule is C=CC(=O)Oc1ccc(C#Cc2cc(OC(=O)C(=C)C)c(OCOCc3ccc(OC(=O)C=C)cc3)c(OC(=O)C(=C)C)c2C)cc1. The third-order valence-electron chi connectivity index (χ3n) is 5.99. The quantitative estimate of drug-likeness (QED) is 0.0543. The summed E-state index contributed by atoms with van der Waals surface area (Å²) in [4.78, 5) is 48.1. The smallest absolute Gasteiger partial charge is 0.338 e. The molecule has 0 radical (unpaired) electrons. The van der Waals surface area contributed by atoms with Crippen molar-refractivity contribution < 1.29 is 47.6 Å². The molecule has 3 aromatic rings. The number of rotatable bonds is 13.